The number of nitrogens with zero attached hydrogens (tertiary/aromatic N) is 1. The molecule has 0 aromatic heterocycles. The van der Waals surface area contributed by atoms with E-state index >= 15 is 0 Å². The van der Waals surface area contributed by atoms with Gasteiger partial charge >= 0.3 is 12.1 Å². The predicted octanol–water partition coefficient (Wildman–Crippen LogP) is 2.77. The van der Waals surface area contributed by atoms with E-state index in [9.17, 15) is 19.1 Å². The number of carboxylic acids is 1. The maximum atomic E-state index is 14.1. The molecule has 4 N–H and O–H groups in total. The summed E-state index contributed by atoms with van der Waals surface area (Å²) in [5.41, 5.74) is 5.51. The zero-order valence-electron chi connectivity index (χ0n) is 15.3. The molecule has 1 aromatic rings. The molecule has 8 heteroatoms. The Hall–Kier alpha value is -2.77. The Morgan fingerprint density at radius 2 is 2.12 bits per heavy atom. The van der Waals surface area contributed by atoms with E-state index in [0.717, 1.165) is 0 Å². The van der Waals surface area contributed by atoms with Crippen molar-refractivity contribution < 1.29 is 23.8 Å². The maximum Gasteiger partial charge on any atom is 0.408 e. The second kappa shape index (κ2) is 9.07. The second-order valence-corrected chi connectivity index (χ2v) is 6.74. The highest BCUT2D eigenvalue weighted by molar-refractivity contribution is 5.80. The number of aliphatic carboxylic acids is 1. The largest absolute Gasteiger partial charge is 0.480 e. The van der Waals surface area contributed by atoms with Crippen molar-refractivity contribution in [3.8, 4) is 0 Å². The Labute approximate surface area is 152 Å². The fourth-order valence-electron chi connectivity index (χ4n) is 2.31. The fraction of sp³-hybridized carbons (Fsp3) is 0.444. The highest BCUT2D eigenvalue weighted by Gasteiger charge is 2.25. The van der Waals surface area contributed by atoms with Gasteiger partial charge in [-0.15, -0.1) is 6.58 Å². The number of alkyl carbamates (subject to hydrolysis) is 1. The monoisotopic (exact) mass is 367 g/mol. The number of hydrogen-bond acceptors (Lipinski definition) is 5. The Morgan fingerprint density at radius 3 is 2.62 bits per heavy atom. The molecule has 0 radical (unpaired) electrons. The van der Waals surface area contributed by atoms with E-state index in [0.29, 0.717) is 0 Å². The lowest BCUT2D eigenvalue weighted by molar-refractivity contribution is -0.139. The summed E-state index contributed by atoms with van der Waals surface area (Å²) in [6.07, 6.45) is 0.754. The lowest BCUT2D eigenvalue weighted by Gasteiger charge is -2.27. The van der Waals surface area contributed by atoms with Gasteiger partial charge in [-0.05, 0) is 39.3 Å². The van der Waals surface area contributed by atoms with Crippen LogP contribution in [0.4, 0.5) is 20.6 Å². The van der Waals surface area contributed by atoms with E-state index in [1.807, 2.05) is 0 Å². The van der Waals surface area contributed by atoms with Crippen molar-refractivity contribution in [2.45, 2.75) is 38.8 Å². The minimum absolute atomic E-state index is 0.0240. The SMILES string of the molecule is C=CCN(CC[C@H](NC(=O)OC(C)(C)C)C(=O)O)c1c(N)cccc1F. The summed E-state index contributed by atoms with van der Waals surface area (Å²) < 4.78 is 19.2. The quantitative estimate of drug-likeness (QED) is 0.482. The summed E-state index contributed by atoms with van der Waals surface area (Å²) in [4.78, 5) is 24.8. The van der Waals surface area contributed by atoms with Crippen LogP contribution in [0.2, 0.25) is 0 Å². The van der Waals surface area contributed by atoms with Crippen LogP contribution in [0.5, 0.6) is 0 Å². The lowest BCUT2D eigenvalue weighted by Crippen LogP contribution is -2.45. The molecule has 26 heavy (non-hydrogen) atoms. The third-order valence-electron chi connectivity index (χ3n) is 3.36. The van der Waals surface area contributed by atoms with Crippen LogP contribution in [-0.4, -0.2) is 41.9 Å². The maximum absolute atomic E-state index is 14.1. The molecule has 0 bridgehead atoms. The standard InChI is InChI=1S/C18H26FN3O4/c1-5-10-22(15-12(19)7-6-8-13(15)20)11-9-14(16(23)24)21-17(25)26-18(2,3)4/h5-8,14H,1,9-11,20H2,2-4H3,(H,21,25)(H,23,24)/t14-/m0/s1. The zero-order valence-corrected chi connectivity index (χ0v) is 15.3. The average molecular weight is 367 g/mol. The van der Waals surface area contributed by atoms with Crippen molar-refractivity contribution in [3.05, 3.63) is 36.7 Å². The first-order chi connectivity index (χ1) is 12.0. The van der Waals surface area contributed by atoms with E-state index in [-0.39, 0.29) is 30.9 Å². The van der Waals surface area contributed by atoms with Crippen LogP contribution < -0.4 is 16.0 Å². The van der Waals surface area contributed by atoms with Crippen LogP contribution in [0, 0.1) is 5.82 Å². The lowest BCUT2D eigenvalue weighted by atomic mass is 10.1. The topological polar surface area (TPSA) is 105 Å². The van der Waals surface area contributed by atoms with Crippen LogP contribution >= 0.6 is 0 Å². The van der Waals surface area contributed by atoms with Gasteiger partial charge in [0.15, 0.2) is 0 Å². The van der Waals surface area contributed by atoms with E-state index in [4.69, 9.17) is 10.5 Å². The molecule has 0 aliphatic heterocycles. The van der Waals surface area contributed by atoms with Gasteiger partial charge in [0.05, 0.1) is 11.4 Å². The molecular weight excluding hydrogens is 341 g/mol. The van der Waals surface area contributed by atoms with Gasteiger partial charge in [-0.1, -0.05) is 12.1 Å². The van der Waals surface area contributed by atoms with Gasteiger partial charge in [0.2, 0.25) is 0 Å². The highest BCUT2D eigenvalue weighted by Crippen LogP contribution is 2.27. The molecule has 0 fully saturated rings. The Kier molecular flexibility index (Phi) is 7.42. The highest BCUT2D eigenvalue weighted by atomic mass is 19.1. The molecule has 1 rings (SSSR count). The number of amides is 1. The fourth-order valence-corrected chi connectivity index (χ4v) is 2.31. The molecule has 0 spiro atoms. The van der Waals surface area contributed by atoms with Gasteiger partial charge in [0.25, 0.3) is 0 Å². The van der Waals surface area contributed by atoms with Crippen molar-refractivity contribution in [2.24, 2.45) is 0 Å². The number of carbonyl (C=O) groups is 2. The summed E-state index contributed by atoms with van der Waals surface area (Å²) in [6.45, 7) is 9.06. The van der Waals surface area contributed by atoms with Crippen molar-refractivity contribution >= 4 is 23.4 Å². The molecule has 0 saturated carbocycles. The van der Waals surface area contributed by atoms with Crippen molar-refractivity contribution in [2.75, 3.05) is 23.7 Å². The number of para-hydroxylation sites is 1. The molecule has 1 aromatic carbocycles. The van der Waals surface area contributed by atoms with Crippen LogP contribution in [0.1, 0.15) is 27.2 Å². The molecule has 144 valence electrons. The molecule has 0 unspecified atom stereocenters. The van der Waals surface area contributed by atoms with E-state index < -0.39 is 29.5 Å². The number of nitrogens with two attached hydrogens (primary N) is 1. The first-order valence-corrected chi connectivity index (χ1v) is 8.17. The minimum atomic E-state index is -1.21. The van der Waals surface area contributed by atoms with Gasteiger partial charge in [-0.25, -0.2) is 14.0 Å². The van der Waals surface area contributed by atoms with Crippen LogP contribution in [0.15, 0.2) is 30.9 Å². The minimum Gasteiger partial charge on any atom is -0.480 e. The molecule has 0 aliphatic rings. The van der Waals surface area contributed by atoms with Gasteiger partial charge in [-0.3, -0.25) is 0 Å². The number of benzene rings is 1. The normalized spacial score (nSPS) is 12.2. The summed E-state index contributed by atoms with van der Waals surface area (Å²) >= 11 is 0. The van der Waals surface area contributed by atoms with Gasteiger partial charge in [0.1, 0.15) is 17.5 Å². The summed E-state index contributed by atoms with van der Waals surface area (Å²) in [5, 5.41) is 11.6. The first kappa shape index (κ1) is 21.3. The molecule has 7 nitrogen and oxygen atoms in total. The van der Waals surface area contributed by atoms with Crippen LogP contribution in [-0.2, 0) is 9.53 Å². The Balaban J connectivity index is 2.86. The van der Waals surface area contributed by atoms with Crippen LogP contribution in [0.3, 0.4) is 0 Å². The Bertz CT molecular complexity index is 638. The van der Waals surface area contributed by atoms with Gasteiger partial charge in [-0.2, -0.15) is 0 Å². The summed E-state index contributed by atoms with van der Waals surface area (Å²) in [5.74, 6) is -1.73. The number of rotatable bonds is 8. The Morgan fingerprint density at radius 1 is 1.46 bits per heavy atom. The van der Waals surface area contributed by atoms with Gasteiger partial charge < -0.3 is 25.8 Å². The number of hydrogen-bond donors (Lipinski definition) is 3. The van der Waals surface area contributed by atoms with Crippen molar-refractivity contribution in [3.63, 3.8) is 0 Å². The molecule has 0 heterocycles. The number of carboxylic acid groups (broad SMARTS) is 1. The molecule has 0 aliphatic carbocycles. The van der Waals surface area contributed by atoms with Crippen molar-refractivity contribution in [1.29, 1.82) is 0 Å². The average Bonchev–Trinajstić information content (AvgIpc) is 2.48. The van der Waals surface area contributed by atoms with Crippen molar-refractivity contribution in [1.82, 2.24) is 5.32 Å². The number of carbonyl (C=O) groups excluding carboxylic acids is 1. The summed E-state index contributed by atoms with van der Waals surface area (Å²) in [7, 11) is 0. The summed E-state index contributed by atoms with van der Waals surface area (Å²) in [6, 6.07) is 3.13. The van der Waals surface area contributed by atoms with Crippen LogP contribution in [0.25, 0.3) is 0 Å². The molecular formula is C18H26FN3O4. The number of ether oxygens (including phenoxy) is 1. The third-order valence-corrected chi connectivity index (χ3v) is 3.36. The molecule has 0 saturated heterocycles. The molecule has 1 amide bonds. The van der Waals surface area contributed by atoms with E-state index in [1.54, 1.807) is 37.8 Å². The number of nitrogens with one attached hydrogen (secondary N) is 1. The first-order valence-electron chi connectivity index (χ1n) is 8.17. The zero-order chi connectivity index (χ0) is 19.9. The predicted molar refractivity (Wildman–Crippen MR) is 98.6 cm³/mol. The van der Waals surface area contributed by atoms with E-state index in [2.05, 4.69) is 11.9 Å². The number of halogens is 1. The van der Waals surface area contributed by atoms with E-state index in [1.165, 1.54) is 12.1 Å². The smallest absolute Gasteiger partial charge is 0.408 e. The third kappa shape index (κ3) is 6.62. The second-order valence-electron chi connectivity index (χ2n) is 6.74. The molecule has 1 atom stereocenters. The van der Waals surface area contributed by atoms with Gasteiger partial charge in [0, 0.05) is 13.1 Å². The number of nitrogen functional groups attached to an aromatic ring is 1. The number of anilines is 2.